The van der Waals surface area contributed by atoms with E-state index >= 15 is 4.39 Å². The Bertz CT molecular complexity index is 2410. The summed E-state index contributed by atoms with van der Waals surface area (Å²) in [4.78, 5) is 51.0. The third-order valence-electron chi connectivity index (χ3n) is 13.6. The Hall–Kier alpha value is -4.82. The largest absolute Gasteiger partial charge is 0.496 e. The number of pyridine rings is 1. The lowest BCUT2D eigenvalue weighted by Gasteiger charge is -2.32. The number of nitrogens with one attached hydrogen (secondary N) is 1. The molecule has 15 heteroatoms. The molecule has 2 saturated carbocycles. The summed E-state index contributed by atoms with van der Waals surface area (Å²) in [5.41, 5.74) is 3.25. The average molecular weight is 860 g/mol. The van der Waals surface area contributed by atoms with Gasteiger partial charge in [0.2, 0.25) is 0 Å². The van der Waals surface area contributed by atoms with Gasteiger partial charge in [-0.3, -0.25) is 29.2 Å². The highest BCUT2D eigenvalue weighted by Gasteiger charge is 2.57. The number of carboxylic acid groups (broad SMARTS) is 2. The van der Waals surface area contributed by atoms with Gasteiger partial charge < -0.3 is 24.8 Å². The first kappa shape index (κ1) is 41.9. The predicted molar refractivity (Wildman–Crippen MR) is 228 cm³/mol. The van der Waals surface area contributed by atoms with Gasteiger partial charge in [-0.15, -0.1) is 0 Å². The van der Waals surface area contributed by atoms with Crippen LogP contribution in [0, 0.1) is 16.2 Å². The van der Waals surface area contributed by atoms with E-state index in [0.29, 0.717) is 60.7 Å². The molecule has 1 atom stereocenters. The SMILES string of the molecule is COc1cc(/C(F)=C/c2cccc(-c3cccc(NC(=O)c4nc5c(n4C)CCN(CCC46CCC(C(=O)O)(CC4)C6)C5)c3Cl)c2Cl)ncc1CN1CC[C@@](C)(C(=O)O)C1. The molecule has 0 spiro atoms. The second-order valence-corrected chi connectivity index (χ2v) is 18.2. The Morgan fingerprint density at radius 3 is 2.40 bits per heavy atom. The molecule has 2 aliphatic carbocycles. The van der Waals surface area contributed by atoms with Crippen molar-refractivity contribution in [3.8, 4) is 16.9 Å². The molecule has 3 N–H and O–H groups in total. The van der Waals surface area contributed by atoms with Gasteiger partial charge in [0.25, 0.3) is 5.91 Å². The number of aromatic nitrogens is 3. The molecule has 4 aliphatic rings. The summed E-state index contributed by atoms with van der Waals surface area (Å²) in [5.74, 6) is -1.80. The highest BCUT2D eigenvalue weighted by atomic mass is 35.5. The van der Waals surface area contributed by atoms with Crippen LogP contribution in [0.1, 0.15) is 90.7 Å². The van der Waals surface area contributed by atoms with Crippen LogP contribution in [0.25, 0.3) is 23.0 Å². The summed E-state index contributed by atoms with van der Waals surface area (Å²) in [6.07, 6.45) is 9.40. The Morgan fingerprint density at radius 1 is 0.983 bits per heavy atom. The van der Waals surface area contributed by atoms with Gasteiger partial charge >= 0.3 is 11.9 Å². The minimum absolute atomic E-state index is 0.0475. The van der Waals surface area contributed by atoms with Gasteiger partial charge in [-0.1, -0.05) is 53.5 Å². The van der Waals surface area contributed by atoms with E-state index in [0.717, 1.165) is 75.0 Å². The minimum Gasteiger partial charge on any atom is -0.496 e. The molecule has 1 saturated heterocycles. The van der Waals surface area contributed by atoms with Gasteiger partial charge in [-0.25, -0.2) is 9.37 Å². The van der Waals surface area contributed by atoms with Gasteiger partial charge in [-0.05, 0) is 88.1 Å². The average Bonchev–Trinajstić information content (AvgIpc) is 4.01. The zero-order chi connectivity index (χ0) is 42.6. The molecule has 4 heterocycles. The summed E-state index contributed by atoms with van der Waals surface area (Å²) in [6.45, 7) is 5.50. The number of ether oxygens (including phenoxy) is 1. The molecular weight excluding hydrogens is 810 g/mol. The van der Waals surface area contributed by atoms with E-state index in [2.05, 4.69) is 15.2 Å². The number of amides is 1. The lowest BCUT2D eigenvalue weighted by Crippen LogP contribution is -2.34. The molecule has 60 heavy (non-hydrogen) atoms. The molecule has 0 radical (unpaired) electrons. The number of imidazole rings is 1. The van der Waals surface area contributed by atoms with Gasteiger partial charge in [0, 0.05) is 74.3 Å². The highest BCUT2D eigenvalue weighted by Crippen LogP contribution is 2.63. The quantitative estimate of drug-likeness (QED) is 0.119. The maximum atomic E-state index is 15.8. The van der Waals surface area contributed by atoms with Crippen LogP contribution in [-0.4, -0.2) is 85.7 Å². The first-order chi connectivity index (χ1) is 28.6. The van der Waals surface area contributed by atoms with Gasteiger partial charge in [-0.2, -0.15) is 0 Å². The number of rotatable bonds is 13. The van der Waals surface area contributed by atoms with E-state index in [1.165, 1.54) is 19.3 Å². The number of nitrogens with zero attached hydrogens (tertiary/aromatic N) is 5. The first-order valence-corrected chi connectivity index (χ1v) is 21.1. The van der Waals surface area contributed by atoms with E-state index in [1.54, 1.807) is 49.5 Å². The van der Waals surface area contributed by atoms with E-state index in [4.69, 9.17) is 32.9 Å². The lowest BCUT2D eigenvalue weighted by atomic mass is 9.80. The van der Waals surface area contributed by atoms with Crippen LogP contribution in [0.5, 0.6) is 5.75 Å². The Balaban J connectivity index is 0.943. The van der Waals surface area contributed by atoms with Crippen LogP contribution in [-0.2, 0) is 36.1 Å². The standard InChI is InChI=1S/C45H49Cl2FN6O6/c1-43(41(56)57)15-18-54(26-43)23-28-22-49-33(21-36(28)60-3)31(48)20-27-6-4-7-29(37(27)46)30-8-5-9-32(38(30)47)51-40(55)39-50-34-24-53(17-10-35(34)52(39)2)19-16-44-11-13-45(25-44,14-12-44)42(58)59/h4-9,20-22H,10-19,23-26H2,1-3H3,(H,51,55)(H,56,57)(H,58,59)/b31-20-/t43-,44?,45?/m1/s1. The lowest BCUT2D eigenvalue weighted by molar-refractivity contribution is -0.148. The van der Waals surface area contributed by atoms with Crippen LogP contribution in [0.2, 0.25) is 10.0 Å². The number of carboxylic acids is 2. The van der Waals surface area contributed by atoms with Crippen molar-refractivity contribution in [1.29, 1.82) is 0 Å². The summed E-state index contributed by atoms with van der Waals surface area (Å²) in [5, 5.41) is 22.9. The van der Waals surface area contributed by atoms with Gasteiger partial charge in [0.1, 0.15) is 17.3 Å². The molecule has 0 unspecified atom stereocenters. The van der Waals surface area contributed by atoms with Crippen molar-refractivity contribution in [1.82, 2.24) is 24.3 Å². The zero-order valence-corrected chi connectivity index (χ0v) is 35.5. The maximum Gasteiger partial charge on any atom is 0.310 e. The van der Waals surface area contributed by atoms with Crippen LogP contribution in [0.4, 0.5) is 10.1 Å². The van der Waals surface area contributed by atoms with Crippen LogP contribution < -0.4 is 10.1 Å². The van der Waals surface area contributed by atoms with Crippen LogP contribution >= 0.6 is 23.2 Å². The maximum absolute atomic E-state index is 15.8. The molecule has 2 aliphatic heterocycles. The fourth-order valence-electron chi connectivity index (χ4n) is 9.94. The molecule has 316 valence electrons. The molecule has 2 aromatic carbocycles. The van der Waals surface area contributed by atoms with E-state index in [9.17, 15) is 24.6 Å². The fourth-order valence-corrected chi connectivity index (χ4v) is 10.5. The third kappa shape index (κ3) is 7.81. The number of benzene rings is 2. The molecule has 1 amide bonds. The number of likely N-dealkylation sites (tertiary alicyclic amines) is 1. The Kier molecular flexibility index (Phi) is 11.3. The third-order valence-corrected chi connectivity index (χ3v) is 14.5. The minimum atomic E-state index is -0.827. The number of carbonyl (C=O) groups excluding carboxylic acids is 1. The molecule has 2 bridgehead atoms. The molecule has 2 aromatic heterocycles. The zero-order valence-electron chi connectivity index (χ0n) is 34.0. The molecule has 4 aromatic rings. The highest BCUT2D eigenvalue weighted by molar-refractivity contribution is 6.39. The smallest absolute Gasteiger partial charge is 0.310 e. The number of fused-ring (bicyclic) bond motifs is 3. The van der Waals surface area contributed by atoms with E-state index in [-0.39, 0.29) is 27.0 Å². The summed E-state index contributed by atoms with van der Waals surface area (Å²) in [7, 11) is 3.34. The predicted octanol–water partition coefficient (Wildman–Crippen LogP) is 8.60. The van der Waals surface area contributed by atoms with E-state index in [1.807, 2.05) is 16.5 Å². The second-order valence-electron chi connectivity index (χ2n) is 17.5. The molecular formula is C45H49Cl2FN6O6. The normalized spacial score (nSPS) is 24.1. The van der Waals surface area contributed by atoms with E-state index < -0.39 is 34.5 Å². The van der Waals surface area contributed by atoms with Crippen molar-refractivity contribution in [3.05, 3.63) is 92.7 Å². The Morgan fingerprint density at radius 2 is 1.72 bits per heavy atom. The molecule has 12 nitrogen and oxygen atoms in total. The van der Waals surface area contributed by atoms with Crippen molar-refractivity contribution >= 4 is 58.6 Å². The molecule has 8 rings (SSSR count). The summed E-state index contributed by atoms with van der Waals surface area (Å²) in [6, 6.07) is 11.9. The fraction of sp³-hybridized carbons (Fsp3) is 0.444. The number of anilines is 1. The second kappa shape index (κ2) is 16.2. The van der Waals surface area contributed by atoms with Crippen molar-refractivity contribution in [2.75, 3.05) is 38.6 Å². The molecule has 3 fully saturated rings. The van der Waals surface area contributed by atoms with Crippen molar-refractivity contribution in [3.63, 3.8) is 0 Å². The van der Waals surface area contributed by atoms with Gasteiger partial charge in [0.15, 0.2) is 5.82 Å². The van der Waals surface area contributed by atoms with Crippen LogP contribution in [0.3, 0.4) is 0 Å². The topological polar surface area (TPSA) is 150 Å². The van der Waals surface area contributed by atoms with Crippen molar-refractivity contribution in [2.45, 2.75) is 71.4 Å². The first-order valence-electron chi connectivity index (χ1n) is 20.4. The summed E-state index contributed by atoms with van der Waals surface area (Å²) >= 11 is 13.9. The van der Waals surface area contributed by atoms with Crippen molar-refractivity contribution in [2.24, 2.45) is 23.3 Å². The number of hydrogen-bond acceptors (Lipinski definition) is 8. The Labute approximate surface area is 358 Å². The van der Waals surface area contributed by atoms with Gasteiger partial charge in [0.05, 0.1) is 39.4 Å². The number of methoxy groups -OCH3 is 1. The number of carbonyl (C=O) groups is 3. The number of hydrogen-bond donors (Lipinski definition) is 3. The number of aliphatic carboxylic acids is 2. The van der Waals surface area contributed by atoms with Crippen molar-refractivity contribution < 1.29 is 33.7 Å². The summed E-state index contributed by atoms with van der Waals surface area (Å²) < 4.78 is 23.3. The monoisotopic (exact) mass is 858 g/mol. The number of halogens is 3. The van der Waals surface area contributed by atoms with Crippen LogP contribution in [0.15, 0.2) is 48.7 Å².